The van der Waals surface area contributed by atoms with Gasteiger partial charge in [0.1, 0.15) is 0 Å². The molecule has 5 nitrogen and oxygen atoms in total. The number of rotatable bonds is 8. The molecule has 0 saturated carbocycles. The molecule has 0 aliphatic carbocycles. The van der Waals surface area contributed by atoms with Crippen LogP contribution in [-0.4, -0.2) is 49.3 Å². The second-order valence-corrected chi connectivity index (χ2v) is 7.40. The predicted octanol–water partition coefficient (Wildman–Crippen LogP) is 3.34. The summed E-state index contributed by atoms with van der Waals surface area (Å²) in [5, 5.41) is 16.4. The number of hydrogen-bond donors (Lipinski definition) is 3. The Balaban J connectivity index is 0.00000300. The standard InChI is InChI=1S/C23H32N4O.HI/c1-24-23(26-16-22(18-28)21-7-3-2-4-8-21)25-15-19-9-11-20(12-10-19)17-27-13-5-6-14-27;/h2-4,7-12,22,28H,5-6,13-18H2,1H3,(H2,24,25,26);1H. The number of aliphatic hydroxyl groups excluding tert-OH is 1. The van der Waals surface area contributed by atoms with Crippen LogP contribution >= 0.6 is 24.0 Å². The highest BCUT2D eigenvalue weighted by molar-refractivity contribution is 14.0. The Morgan fingerprint density at radius 3 is 2.28 bits per heavy atom. The molecule has 1 unspecified atom stereocenters. The van der Waals surface area contributed by atoms with Crippen molar-refractivity contribution in [1.29, 1.82) is 0 Å². The third-order valence-electron chi connectivity index (χ3n) is 5.32. The molecule has 0 radical (unpaired) electrons. The number of likely N-dealkylation sites (tertiary alicyclic amines) is 1. The summed E-state index contributed by atoms with van der Waals surface area (Å²) in [5.74, 6) is 0.792. The van der Waals surface area contributed by atoms with E-state index >= 15 is 0 Å². The Labute approximate surface area is 191 Å². The maximum absolute atomic E-state index is 9.70. The molecular formula is C23H33IN4O. The molecule has 3 rings (SSSR count). The normalized spacial score (nSPS) is 15.6. The van der Waals surface area contributed by atoms with Crippen molar-refractivity contribution >= 4 is 29.9 Å². The van der Waals surface area contributed by atoms with Crippen molar-refractivity contribution in [2.24, 2.45) is 4.99 Å². The molecule has 6 heteroatoms. The van der Waals surface area contributed by atoms with Crippen LogP contribution in [0.1, 0.15) is 35.4 Å². The molecule has 1 saturated heterocycles. The first-order chi connectivity index (χ1) is 13.8. The number of nitrogens with zero attached hydrogens (tertiary/aromatic N) is 2. The Kier molecular flexibility index (Phi) is 10.5. The van der Waals surface area contributed by atoms with Crippen molar-refractivity contribution < 1.29 is 5.11 Å². The van der Waals surface area contributed by atoms with Crippen molar-refractivity contribution in [3.8, 4) is 0 Å². The zero-order valence-electron chi connectivity index (χ0n) is 17.2. The SMILES string of the molecule is CN=C(NCc1ccc(CN2CCCC2)cc1)NCC(CO)c1ccccc1.I. The molecule has 1 fully saturated rings. The smallest absolute Gasteiger partial charge is 0.191 e. The molecule has 0 spiro atoms. The van der Waals surface area contributed by atoms with Crippen LogP contribution in [0, 0.1) is 0 Å². The van der Waals surface area contributed by atoms with Crippen LogP contribution in [0.15, 0.2) is 59.6 Å². The summed E-state index contributed by atoms with van der Waals surface area (Å²) in [4.78, 5) is 6.81. The average molecular weight is 508 g/mol. The third-order valence-corrected chi connectivity index (χ3v) is 5.32. The van der Waals surface area contributed by atoms with E-state index in [4.69, 9.17) is 0 Å². The van der Waals surface area contributed by atoms with Crippen LogP contribution in [0.25, 0.3) is 0 Å². The van der Waals surface area contributed by atoms with E-state index in [1.807, 2.05) is 30.3 Å². The van der Waals surface area contributed by atoms with E-state index in [-0.39, 0.29) is 36.5 Å². The minimum atomic E-state index is 0. The van der Waals surface area contributed by atoms with Crippen molar-refractivity contribution in [3.05, 3.63) is 71.3 Å². The fourth-order valence-corrected chi connectivity index (χ4v) is 3.60. The first-order valence-corrected chi connectivity index (χ1v) is 10.2. The summed E-state index contributed by atoms with van der Waals surface area (Å²) in [6, 6.07) is 18.9. The van der Waals surface area contributed by atoms with Gasteiger partial charge in [-0.15, -0.1) is 24.0 Å². The fraction of sp³-hybridized carbons (Fsp3) is 0.435. The van der Waals surface area contributed by atoms with Gasteiger partial charge >= 0.3 is 0 Å². The van der Waals surface area contributed by atoms with E-state index in [0.717, 1.165) is 24.6 Å². The number of guanidine groups is 1. The molecule has 0 amide bonds. The third kappa shape index (κ3) is 7.60. The van der Waals surface area contributed by atoms with Crippen LogP contribution in [-0.2, 0) is 13.1 Å². The van der Waals surface area contributed by atoms with E-state index in [2.05, 4.69) is 44.8 Å². The van der Waals surface area contributed by atoms with Crippen molar-refractivity contribution in [1.82, 2.24) is 15.5 Å². The van der Waals surface area contributed by atoms with E-state index in [1.165, 1.54) is 37.1 Å². The van der Waals surface area contributed by atoms with E-state index in [1.54, 1.807) is 7.05 Å². The van der Waals surface area contributed by atoms with Gasteiger partial charge in [-0.05, 0) is 42.6 Å². The summed E-state index contributed by atoms with van der Waals surface area (Å²) < 4.78 is 0. The Morgan fingerprint density at radius 1 is 1.00 bits per heavy atom. The van der Waals surface area contributed by atoms with Crippen LogP contribution in [0.3, 0.4) is 0 Å². The maximum Gasteiger partial charge on any atom is 0.191 e. The lowest BCUT2D eigenvalue weighted by Gasteiger charge is -2.18. The number of hydrogen-bond acceptors (Lipinski definition) is 3. The first kappa shape index (κ1) is 23.6. The van der Waals surface area contributed by atoms with Crippen LogP contribution in [0.4, 0.5) is 0 Å². The highest BCUT2D eigenvalue weighted by Gasteiger charge is 2.12. The lowest BCUT2D eigenvalue weighted by molar-refractivity contribution is 0.265. The molecule has 2 aromatic carbocycles. The Bertz CT molecular complexity index is 730. The number of benzene rings is 2. The molecular weight excluding hydrogens is 475 g/mol. The van der Waals surface area contributed by atoms with Crippen molar-refractivity contribution in [2.45, 2.75) is 31.8 Å². The molecule has 29 heavy (non-hydrogen) atoms. The second-order valence-electron chi connectivity index (χ2n) is 7.40. The van der Waals surface area contributed by atoms with Crippen molar-refractivity contribution in [3.63, 3.8) is 0 Å². The van der Waals surface area contributed by atoms with Gasteiger partial charge in [0, 0.05) is 32.6 Å². The summed E-state index contributed by atoms with van der Waals surface area (Å²) >= 11 is 0. The van der Waals surface area contributed by atoms with Gasteiger partial charge in [-0.2, -0.15) is 0 Å². The van der Waals surface area contributed by atoms with Gasteiger partial charge in [0.15, 0.2) is 5.96 Å². The van der Waals surface area contributed by atoms with Gasteiger partial charge in [0.05, 0.1) is 6.61 Å². The van der Waals surface area contributed by atoms with Gasteiger partial charge in [-0.25, -0.2) is 0 Å². The topological polar surface area (TPSA) is 59.9 Å². The summed E-state index contributed by atoms with van der Waals surface area (Å²) in [6.45, 7) is 4.96. The fourth-order valence-electron chi connectivity index (χ4n) is 3.60. The number of nitrogens with one attached hydrogen (secondary N) is 2. The summed E-state index contributed by atoms with van der Waals surface area (Å²) in [7, 11) is 1.77. The molecule has 158 valence electrons. The van der Waals surface area contributed by atoms with E-state index in [9.17, 15) is 5.11 Å². The van der Waals surface area contributed by atoms with Gasteiger partial charge in [0.2, 0.25) is 0 Å². The molecule has 0 aromatic heterocycles. The highest BCUT2D eigenvalue weighted by Crippen LogP contribution is 2.14. The zero-order chi connectivity index (χ0) is 19.6. The monoisotopic (exact) mass is 508 g/mol. The zero-order valence-corrected chi connectivity index (χ0v) is 19.5. The Hall–Kier alpha value is -1.64. The lowest BCUT2D eigenvalue weighted by Crippen LogP contribution is -2.39. The van der Waals surface area contributed by atoms with Gasteiger partial charge in [-0.1, -0.05) is 54.6 Å². The predicted molar refractivity (Wildman–Crippen MR) is 131 cm³/mol. The number of aliphatic imine (C=N–C) groups is 1. The lowest BCUT2D eigenvalue weighted by atomic mass is 10.0. The molecule has 0 bridgehead atoms. The van der Waals surface area contributed by atoms with Gasteiger partial charge in [-0.3, -0.25) is 9.89 Å². The molecule has 3 N–H and O–H groups in total. The van der Waals surface area contributed by atoms with Crippen LogP contribution in [0.5, 0.6) is 0 Å². The minimum absolute atomic E-state index is 0. The molecule has 1 atom stereocenters. The average Bonchev–Trinajstić information content (AvgIpc) is 3.25. The van der Waals surface area contributed by atoms with E-state index < -0.39 is 0 Å². The first-order valence-electron chi connectivity index (χ1n) is 10.2. The van der Waals surface area contributed by atoms with Crippen LogP contribution in [0.2, 0.25) is 0 Å². The van der Waals surface area contributed by atoms with Gasteiger partial charge in [0.25, 0.3) is 0 Å². The molecule has 1 aliphatic rings. The number of aliphatic hydroxyl groups is 1. The quantitative estimate of drug-likeness (QED) is 0.291. The second kappa shape index (κ2) is 12.8. The number of halogens is 1. The van der Waals surface area contributed by atoms with Crippen LogP contribution < -0.4 is 10.6 Å². The molecule has 1 aliphatic heterocycles. The highest BCUT2D eigenvalue weighted by atomic mass is 127. The van der Waals surface area contributed by atoms with E-state index in [0.29, 0.717) is 6.54 Å². The van der Waals surface area contributed by atoms with Crippen molar-refractivity contribution in [2.75, 3.05) is 33.3 Å². The summed E-state index contributed by atoms with van der Waals surface area (Å²) in [6.07, 6.45) is 2.66. The largest absolute Gasteiger partial charge is 0.396 e. The Morgan fingerprint density at radius 2 is 1.66 bits per heavy atom. The van der Waals surface area contributed by atoms with Gasteiger partial charge < -0.3 is 15.7 Å². The minimum Gasteiger partial charge on any atom is -0.396 e. The molecule has 2 aromatic rings. The molecule has 1 heterocycles. The maximum atomic E-state index is 9.70. The summed E-state index contributed by atoms with van der Waals surface area (Å²) in [5.41, 5.74) is 3.73.